The summed E-state index contributed by atoms with van der Waals surface area (Å²) >= 11 is 11.7. The fourth-order valence-electron chi connectivity index (χ4n) is 2.17. The van der Waals surface area contributed by atoms with Gasteiger partial charge in [-0.1, -0.05) is 23.2 Å². The van der Waals surface area contributed by atoms with Crippen LogP contribution in [-0.4, -0.2) is 15.7 Å². The van der Waals surface area contributed by atoms with Crippen LogP contribution in [0.15, 0.2) is 39.5 Å². The summed E-state index contributed by atoms with van der Waals surface area (Å²) in [6, 6.07) is 6.14. The summed E-state index contributed by atoms with van der Waals surface area (Å²) in [5, 5.41) is 4.39. The van der Waals surface area contributed by atoms with Gasteiger partial charge in [0.25, 0.3) is 11.8 Å². The van der Waals surface area contributed by atoms with E-state index in [4.69, 9.17) is 38.1 Å². The number of benzene rings is 2. The van der Waals surface area contributed by atoms with Crippen LogP contribution >= 0.6 is 23.2 Å². The molecule has 0 bridgehead atoms. The number of nitrogens with zero attached hydrogens (tertiary/aromatic N) is 2. The van der Waals surface area contributed by atoms with Crippen molar-refractivity contribution in [2.75, 3.05) is 0 Å². The first-order valence-corrected chi connectivity index (χ1v) is 7.98. The first kappa shape index (κ1) is 18.9. The highest BCUT2D eigenvalue weighted by atomic mass is 35.5. The van der Waals surface area contributed by atoms with Gasteiger partial charge in [-0.3, -0.25) is 4.79 Å². The highest BCUT2D eigenvalue weighted by Gasteiger charge is 2.20. The van der Waals surface area contributed by atoms with Gasteiger partial charge in [0.15, 0.2) is 18.2 Å². The quantitative estimate of drug-likeness (QED) is 0.689. The van der Waals surface area contributed by atoms with Crippen LogP contribution < -0.4 is 16.2 Å². The number of amides is 1. The van der Waals surface area contributed by atoms with E-state index in [9.17, 15) is 18.4 Å². The molecule has 0 aliphatic rings. The van der Waals surface area contributed by atoms with Crippen LogP contribution in [0.3, 0.4) is 0 Å². The Kier molecular flexibility index (Phi) is 5.15. The van der Waals surface area contributed by atoms with Crippen molar-refractivity contribution in [3.8, 4) is 11.4 Å². The molecule has 1 heterocycles. The Morgan fingerprint density at radius 1 is 1.22 bits per heavy atom. The molecule has 27 heavy (non-hydrogen) atoms. The number of ether oxygens (including phenoxy) is 1. The standard InChI is InChI=1S/C16H9Cl2F2N3O4/c17-8-2-1-7(5-9(8)18)23-16(25)27-12(22-23)6-26-11-4-3-10(19)13(14(11)20)15(21)24/h1-5H,6H2,(H2,21,24). The van der Waals surface area contributed by atoms with Crippen molar-refractivity contribution >= 4 is 29.1 Å². The molecule has 2 aromatic carbocycles. The summed E-state index contributed by atoms with van der Waals surface area (Å²) < 4.78 is 38.5. The number of carbonyl (C=O) groups excluding carboxylic acids is 1. The highest BCUT2D eigenvalue weighted by Crippen LogP contribution is 2.25. The maximum atomic E-state index is 14.1. The average molecular weight is 416 g/mol. The molecule has 0 spiro atoms. The first-order valence-electron chi connectivity index (χ1n) is 7.23. The zero-order valence-corrected chi connectivity index (χ0v) is 14.7. The lowest BCUT2D eigenvalue weighted by Gasteiger charge is -2.07. The average Bonchev–Trinajstić information content (AvgIpc) is 2.97. The predicted octanol–water partition coefficient (Wildman–Crippen LogP) is 3.09. The lowest BCUT2D eigenvalue weighted by Crippen LogP contribution is -2.16. The number of hydrogen-bond donors (Lipinski definition) is 1. The smallest absolute Gasteiger partial charge is 0.442 e. The van der Waals surface area contributed by atoms with Crippen molar-refractivity contribution in [3.05, 3.63) is 74.0 Å². The Labute approximate surface area is 159 Å². The van der Waals surface area contributed by atoms with Crippen molar-refractivity contribution in [1.82, 2.24) is 9.78 Å². The molecule has 0 aliphatic heterocycles. The zero-order chi connectivity index (χ0) is 19.7. The molecule has 7 nitrogen and oxygen atoms in total. The zero-order valence-electron chi connectivity index (χ0n) is 13.2. The van der Waals surface area contributed by atoms with Crippen molar-refractivity contribution in [1.29, 1.82) is 0 Å². The molecule has 0 saturated heterocycles. The van der Waals surface area contributed by atoms with Gasteiger partial charge in [-0.2, -0.15) is 4.68 Å². The second-order valence-corrected chi connectivity index (χ2v) is 5.97. The third-order valence-corrected chi connectivity index (χ3v) is 4.13. The van der Waals surface area contributed by atoms with Crippen molar-refractivity contribution < 1.29 is 22.7 Å². The van der Waals surface area contributed by atoms with E-state index in [0.29, 0.717) is 0 Å². The summed E-state index contributed by atoms with van der Waals surface area (Å²) in [6.07, 6.45) is 0. The molecular formula is C16H9Cl2F2N3O4. The molecule has 0 unspecified atom stereocenters. The van der Waals surface area contributed by atoms with Crippen LogP contribution in [0.5, 0.6) is 5.75 Å². The second-order valence-electron chi connectivity index (χ2n) is 5.16. The molecule has 3 aromatic rings. The Morgan fingerprint density at radius 3 is 2.63 bits per heavy atom. The summed E-state index contributed by atoms with van der Waals surface area (Å²) in [5.41, 5.74) is 4.28. The molecule has 0 aliphatic carbocycles. The summed E-state index contributed by atoms with van der Waals surface area (Å²) in [7, 11) is 0. The largest absolute Gasteiger partial charge is 0.481 e. The molecule has 140 valence electrons. The normalized spacial score (nSPS) is 10.8. The van der Waals surface area contributed by atoms with Gasteiger partial charge >= 0.3 is 5.76 Å². The molecule has 0 radical (unpaired) electrons. The molecule has 1 amide bonds. The van der Waals surface area contributed by atoms with E-state index in [2.05, 4.69) is 5.10 Å². The summed E-state index contributed by atoms with van der Waals surface area (Å²) in [5.74, 6) is -5.18. The second kappa shape index (κ2) is 7.37. The van der Waals surface area contributed by atoms with Gasteiger partial charge < -0.3 is 14.9 Å². The van der Waals surface area contributed by atoms with Crippen LogP contribution in [0.1, 0.15) is 16.2 Å². The van der Waals surface area contributed by atoms with E-state index in [1.807, 2.05) is 0 Å². The van der Waals surface area contributed by atoms with E-state index in [0.717, 1.165) is 16.8 Å². The van der Waals surface area contributed by atoms with Crippen LogP contribution in [0.4, 0.5) is 8.78 Å². The number of hydrogen-bond acceptors (Lipinski definition) is 5. The number of carbonyl (C=O) groups is 1. The molecule has 11 heteroatoms. The van der Waals surface area contributed by atoms with Gasteiger partial charge in [-0.25, -0.2) is 13.6 Å². The van der Waals surface area contributed by atoms with Crippen LogP contribution in [0.2, 0.25) is 10.0 Å². The van der Waals surface area contributed by atoms with Gasteiger partial charge in [-0.05, 0) is 30.3 Å². The summed E-state index contributed by atoms with van der Waals surface area (Å²) in [4.78, 5) is 23.0. The number of primary amides is 1. The van der Waals surface area contributed by atoms with Gasteiger partial charge in [-0.15, -0.1) is 5.10 Å². The van der Waals surface area contributed by atoms with Crippen LogP contribution in [-0.2, 0) is 6.61 Å². The number of rotatable bonds is 5. The van der Waals surface area contributed by atoms with Crippen LogP contribution in [0, 0.1) is 11.6 Å². The third kappa shape index (κ3) is 3.79. The minimum Gasteiger partial charge on any atom is -0.481 e. The topological polar surface area (TPSA) is 100 Å². The fourth-order valence-corrected chi connectivity index (χ4v) is 2.46. The van der Waals surface area contributed by atoms with E-state index in [1.54, 1.807) is 0 Å². The highest BCUT2D eigenvalue weighted by molar-refractivity contribution is 6.42. The van der Waals surface area contributed by atoms with E-state index >= 15 is 0 Å². The Balaban J connectivity index is 1.84. The fraction of sp³-hybridized carbons (Fsp3) is 0.0625. The Morgan fingerprint density at radius 2 is 1.96 bits per heavy atom. The van der Waals surface area contributed by atoms with Gasteiger partial charge in [0.1, 0.15) is 11.4 Å². The van der Waals surface area contributed by atoms with Crippen LogP contribution in [0.25, 0.3) is 5.69 Å². The van der Waals surface area contributed by atoms with E-state index in [-0.39, 0.29) is 21.6 Å². The van der Waals surface area contributed by atoms with Crippen molar-refractivity contribution in [3.63, 3.8) is 0 Å². The minimum absolute atomic E-state index is 0.199. The van der Waals surface area contributed by atoms with Gasteiger partial charge in [0.05, 0.1) is 15.7 Å². The molecule has 0 saturated carbocycles. The molecular weight excluding hydrogens is 407 g/mol. The number of nitrogens with two attached hydrogens (primary N) is 1. The maximum Gasteiger partial charge on any atom is 0.442 e. The van der Waals surface area contributed by atoms with Crippen molar-refractivity contribution in [2.24, 2.45) is 5.73 Å². The lowest BCUT2D eigenvalue weighted by atomic mass is 10.2. The lowest BCUT2D eigenvalue weighted by molar-refractivity contribution is 0.0991. The number of aromatic nitrogens is 2. The van der Waals surface area contributed by atoms with E-state index < -0.39 is 41.2 Å². The molecule has 3 rings (SSSR count). The van der Waals surface area contributed by atoms with Gasteiger partial charge in [0, 0.05) is 0 Å². The number of halogens is 4. The molecule has 0 atom stereocenters. The SMILES string of the molecule is NC(=O)c1c(F)ccc(OCc2nn(-c3ccc(Cl)c(Cl)c3)c(=O)o2)c1F. The molecule has 2 N–H and O–H groups in total. The minimum atomic E-state index is -1.29. The van der Waals surface area contributed by atoms with Crippen molar-refractivity contribution in [2.45, 2.75) is 6.61 Å². The Bertz CT molecular complexity index is 1100. The third-order valence-electron chi connectivity index (χ3n) is 3.39. The monoisotopic (exact) mass is 415 g/mol. The maximum absolute atomic E-state index is 14.1. The first-order chi connectivity index (χ1) is 12.8. The van der Waals surface area contributed by atoms with E-state index in [1.165, 1.54) is 18.2 Å². The predicted molar refractivity (Wildman–Crippen MR) is 91.3 cm³/mol. The van der Waals surface area contributed by atoms with Gasteiger partial charge in [0.2, 0.25) is 0 Å². The summed E-state index contributed by atoms with van der Waals surface area (Å²) in [6.45, 7) is -0.468. The Hall–Kier alpha value is -2.91. The molecule has 0 fully saturated rings. The molecule has 1 aromatic heterocycles.